The van der Waals surface area contributed by atoms with Gasteiger partial charge in [0.25, 0.3) is 5.91 Å². The molecule has 0 saturated heterocycles. The highest BCUT2D eigenvalue weighted by Gasteiger charge is 2.24. The summed E-state index contributed by atoms with van der Waals surface area (Å²) in [7, 11) is 0. The molecule has 1 aromatic carbocycles. The van der Waals surface area contributed by atoms with Crippen LogP contribution in [0.5, 0.6) is 0 Å². The molecule has 1 atom stereocenters. The molecule has 0 fully saturated rings. The molecule has 0 radical (unpaired) electrons. The first-order chi connectivity index (χ1) is 13.8. The number of pyridine rings is 1. The van der Waals surface area contributed by atoms with Gasteiger partial charge in [0, 0.05) is 23.3 Å². The van der Waals surface area contributed by atoms with Crippen LogP contribution in [0.1, 0.15) is 34.2 Å². The standard InChI is InChI=1S/C22H22ClN3O3/c1-13-8-5-6-10-19(13)26-14(2)12-17(15(26)3)22(28)29-16(4)21(27)25-18-9-7-11-24-20(18)23/h5-12,16H,1-4H3,(H,25,27). The molecule has 0 bridgehead atoms. The summed E-state index contributed by atoms with van der Waals surface area (Å²) in [5.74, 6) is -1.04. The number of esters is 1. The summed E-state index contributed by atoms with van der Waals surface area (Å²) < 4.78 is 7.40. The number of carbonyl (C=O) groups is 2. The third kappa shape index (κ3) is 4.32. The van der Waals surface area contributed by atoms with Crippen LogP contribution in [0.15, 0.2) is 48.7 Å². The van der Waals surface area contributed by atoms with Gasteiger partial charge in [-0.05, 0) is 57.5 Å². The summed E-state index contributed by atoms with van der Waals surface area (Å²) in [6.07, 6.45) is 0.520. The lowest BCUT2D eigenvalue weighted by Crippen LogP contribution is -2.30. The van der Waals surface area contributed by atoms with E-state index in [0.29, 0.717) is 11.3 Å². The van der Waals surface area contributed by atoms with E-state index < -0.39 is 18.0 Å². The van der Waals surface area contributed by atoms with E-state index >= 15 is 0 Å². The highest BCUT2D eigenvalue weighted by Crippen LogP contribution is 2.24. The Bertz CT molecular complexity index is 1070. The molecule has 0 spiro atoms. The highest BCUT2D eigenvalue weighted by molar-refractivity contribution is 6.32. The minimum absolute atomic E-state index is 0.168. The van der Waals surface area contributed by atoms with Crippen LogP contribution in [0.4, 0.5) is 5.69 Å². The second-order valence-electron chi connectivity index (χ2n) is 6.79. The topological polar surface area (TPSA) is 73.2 Å². The van der Waals surface area contributed by atoms with Gasteiger partial charge in [0.15, 0.2) is 11.3 Å². The SMILES string of the molecule is Cc1ccccc1-n1c(C)cc(C(=O)OC(C)C(=O)Nc2cccnc2Cl)c1C. The number of anilines is 1. The Morgan fingerprint density at radius 2 is 1.86 bits per heavy atom. The Morgan fingerprint density at radius 3 is 2.55 bits per heavy atom. The molecule has 0 aliphatic rings. The first-order valence-electron chi connectivity index (χ1n) is 9.17. The molecule has 1 N–H and O–H groups in total. The number of nitrogens with one attached hydrogen (secondary N) is 1. The molecule has 0 aliphatic heterocycles. The van der Waals surface area contributed by atoms with Crippen molar-refractivity contribution in [2.45, 2.75) is 33.8 Å². The maximum absolute atomic E-state index is 12.7. The summed E-state index contributed by atoms with van der Waals surface area (Å²) in [6, 6.07) is 13.0. The zero-order valence-corrected chi connectivity index (χ0v) is 17.4. The third-order valence-corrected chi connectivity index (χ3v) is 4.98. The lowest BCUT2D eigenvalue weighted by atomic mass is 10.2. The van der Waals surface area contributed by atoms with E-state index in [1.54, 1.807) is 18.2 Å². The highest BCUT2D eigenvalue weighted by atomic mass is 35.5. The molecule has 3 rings (SSSR count). The van der Waals surface area contributed by atoms with Crippen molar-refractivity contribution in [1.82, 2.24) is 9.55 Å². The summed E-state index contributed by atoms with van der Waals surface area (Å²) in [6.45, 7) is 7.31. The van der Waals surface area contributed by atoms with Gasteiger partial charge in [0.1, 0.15) is 0 Å². The van der Waals surface area contributed by atoms with Crippen LogP contribution >= 0.6 is 11.6 Å². The van der Waals surface area contributed by atoms with E-state index in [4.69, 9.17) is 16.3 Å². The number of aromatic nitrogens is 2. The van der Waals surface area contributed by atoms with Gasteiger partial charge in [-0.2, -0.15) is 0 Å². The van der Waals surface area contributed by atoms with Gasteiger partial charge in [-0.3, -0.25) is 4.79 Å². The minimum Gasteiger partial charge on any atom is -0.449 e. The fraction of sp³-hybridized carbons (Fsp3) is 0.227. The first-order valence-corrected chi connectivity index (χ1v) is 9.54. The summed E-state index contributed by atoms with van der Waals surface area (Å²) in [4.78, 5) is 29.0. The van der Waals surface area contributed by atoms with Gasteiger partial charge in [-0.15, -0.1) is 0 Å². The molecule has 2 heterocycles. The molecule has 6 nitrogen and oxygen atoms in total. The summed E-state index contributed by atoms with van der Waals surface area (Å²) in [5, 5.41) is 2.78. The lowest BCUT2D eigenvalue weighted by molar-refractivity contribution is -0.123. The quantitative estimate of drug-likeness (QED) is 0.490. The number of para-hydroxylation sites is 1. The Balaban J connectivity index is 1.77. The smallest absolute Gasteiger partial charge is 0.340 e. The maximum atomic E-state index is 12.7. The number of hydrogen-bond donors (Lipinski definition) is 1. The zero-order chi connectivity index (χ0) is 21.1. The molecule has 150 valence electrons. The monoisotopic (exact) mass is 411 g/mol. The average molecular weight is 412 g/mol. The number of rotatable bonds is 5. The Morgan fingerprint density at radius 1 is 1.14 bits per heavy atom. The fourth-order valence-corrected chi connectivity index (χ4v) is 3.31. The van der Waals surface area contributed by atoms with Gasteiger partial charge in [-0.25, -0.2) is 9.78 Å². The number of benzene rings is 1. The minimum atomic E-state index is -1.000. The number of carbonyl (C=O) groups excluding carboxylic acids is 2. The second kappa shape index (κ2) is 8.49. The third-order valence-electron chi connectivity index (χ3n) is 4.68. The Labute approximate surface area is 174 Å². The molecule has 7 heteroatoms. The number of halogens is 1. The Hall–Kier alpha value is -3.12. The van der Waals surface area contributed by atoms with Crippen LogP contribution in [0.25, 0.3) is 5.69 Å². The van der Waals surface area contributed by atoms with Crippen molar-refractivity contribution < 1.29 is 14.3 Å². The first kappa shape index (κ1) is 20.6. The largest absolute Gasteiger partial charge is 0.449 e. The molecule has 29 heavy (non-hydrogen) atoms. The van der Waals surface area contributed by atoms with Crippen LogP contribution < -0.4 is 5.32 Å². The number of ether oxygens (including phenoxy) is 1. The van der Waals surface area contributed by atoms with Gasteiger partial charge in [0.2, 0.25) is 0 Å². The van der Waals surface area contributed by atoms with Crippen molar-refractivity contribution in [3.8, 4) is 5.69 Å². The predicted molar refractivity (Wildman–Crippen MR) is 113 cm³/mol. The molecular weight excluding hydrogens is 390 g/mol. The van der Waals surface area contributed by atoms with E-state index in [1.807, 2.05) is 49.6 Å². The van der Waals surface area contributed by atoms with Crippen molar-refractivity contribution in [2.75, 3.05) is 5.32 Å². The number of aryl methyl sites for hydroxylation is 2. The van der Waals surface area contributed by atoms with Crippen molar-refractivity contribution >= 4 is 29.2 Å². The van der Waals surface area contributed by atoms with Crippen molar-refractivity contribution in [1.29, 1.82) is 0 Å². The molecule has 0 saturated carbocycles. The molecule has 2 aromatic heterocycles. The molecule has 0 aliphatic carbocycles. The summed E-state index contributed by atoms with van der Waals surface area (Å²) in [5.41, 5.74) is 4.53. The van der Waals surface area contributed by atoms with Gasteiger partial charge in [-0.1, -0.05) is 29.8 Å². The number of nitrogens with zero attached hydrogens (tertiary/aromatic N) is 2. The van der Waals surface area contributed by atoms with Crippen molar-refractivity contribution in [2.24, 2.45) is 0 Å². The van der Waals surface area contributed by atoms with Crippen LogP contribution in [0.2, 0.25) is 5.15 Å². The lowest BCUT2D eigenvalue weighted by Gasteiger charge is -2.15. The van der Waals surface area contributed by atoms with E-state index in [-0.39, 0.29) is 5.15 Å². The van der Waals surface area contributed by atoms with E-state index in [0.717, 1.165) is 22.6 Å². The van der Waals surface area contributed by atoms with E-state index in [2.05, 4.69) is 10.3 Å². The Kier molecular flexibility index (Phi) is 6.03. The molecule has 1 amide bonds. The fourth-order valence-electron chi connectivity index (χ4n) is 3.15. The molecular formula is C22H22ClN3O3. The normalized spacial score (nSPS) is 11.8. The predicted octanol–water partition coefficient (Wildman–Crippen LogP) is 4.63. The van der Waals surface area contributed by atoms with Gasteiger partial charge < -0.3 is 14.6 Å². The number of amides is 1. The van der Waals surface area contributed by atoms with Gasteiger partial charge in [0.05, 0.1) is 11.3 Å². The van der Waals surface area contributed by atoms with Crippen LogP contribution in [-0.4, -0.2) is 27.5 Å². The van der Waals surface area contributed by atoms with Crippen LogP contribution in [-0.2, 0) is 9.53 Å². The van der Waals surface area contributed by atoms with Crippen LogP contribution in [0.3, 0.4) is 0 Å². The second-order valence-corrected chi connectivity index (χ2v) is 7.14. The van der Waals surface area contributed by atoms with Crippen LogP contribution in [0, 0.1) is 20.8 Å². The van der Waals surface area contributed by atoms with E-state index in [1.165, 1.54) is 13.1 Å². The summed E-state index contributed by atoms with van der Waals surface area (Å²) >= 11 is 5.95. The molecule has 3 aromatic rings. The van der Waals surface area contributed by atoms with E-state index in [9.17, 15) is 9.59 Å². The average Bonchev–Trinajstić information content (AvgIpc) is 2.98. The van der Waals surface area contributed by atoms with Crippen molar-refractivity contribution in [3.63, 3.8) is 0 Å². The number of hydrogen-bond acceptors (Lipinski definition) is 4. The van der Waals surface area contributed by atoms with Gasteiger partial charge >= 0.3 is 5.97 Å². The molecule has 1 unspecified atom stereocenters. The maximum Gasteiger partial charge on any atom is 0.340 e. The zero-order valence-electron chi connectivity index (χ0n) is 16.7. The van der Waals surface area contributed by atoms with Crippen molar-refractivity contribution in [3.05, 3.63) is 76.3 Å².